The fraction of sp³-hybridized carbons (Fsp3) is 0.238. The highest BCUT2D eigenvalue weighted by molar-refractivity contribution is 5.96. The van der Waals surface area contributed by atoms with Crippen LogP contribution in [-0.4, -0.2) is 43.4 Å². The van der Waals surface area contributed by atoms with Crippen LogP contribution in [-0.2, 0) is 25.5 Å². The average Bonchev–Trinajstić information content (AvgIpc) is 2.75. The van der Waals surface area contributed by atoms with Gasteiger partial charge in [-0.2, -0.15) is 0 Å². The Morgan fingerprint density at radius 3 is 2.24 bits per heavy atom. The smallest absolute Gasteiger partial charge is 0.325 e. The second-order valence-corrected chi connectivity index (χ2v) is 6.04. The Bertz CT molecular complexity index is 868. The first-order valence-corrected chi connectivity index (χ1v) is 9.13. The van der Waals surface area contributed by atoms with E-state index in [0.717, 1.165) is 12.0 Å². The molecular weight excluding hydrogens is 374 g/mol. The fourth-order valence-electron chi connectivity index (χ4n) is 2.42. The van der Waals surface area contributed by atoms with E-state index in [9.17, 15) is 19.2 Å². The van der Waals surface area contributed by atoms with Gasteiger partial charge in [-0.3, -0.25) is 19.2 Å². The van der Waals surface area contributed by atoms with Crippen molar-refractivity contribution in [3.63, 3.8) is 0 Å². The van der Waals surface area contributed by atoms with E-state index in [1.165, 1.54) is 0 Å². The summed E-state index contributed by atoms with van der Waals surface area (Å²) in [6.07, 6.45) is 0.763. The predicted molar refractivity (Wildman–Crippen MR) is 107 cm³/mol. The molecule has 8 heteroatoms. The number of aryl methyl sites for hydroxylation is 1. The highest BCUT2D eigenvalue weighted by Gasteiger charge is 2.12. The Morgan fingerprint density at radius 2 is 1.52 bits per heavy atom. The lowest BCUT2D eigenvalue weighted by Crippen LogP contribution is -2.37. The minimum Gasteiger partial charge on any atom is -0.454 e. The number of esters is 1. The Kier molecular flexibility index (Phi) is 8.37. The number of benzene rings is 2. The third-order valence-electron chi connectivity index (χ3n) is 3.91. The highest BCUT2D eigenvalue weighted by Crippen LogP contribution is 2.14. The molecule has 2 rings (SSSR count). The molecule has 0 saturated heterocycles. The molecule has 3 N–H and O–H groups in total. The van der Waals surface area contributed by atoms with Crippen LogP contribution in [0.4, 0.5) is 5.69 Å². The molecule has 0 heterocycles. The van der Waals surface area contributed by atoms with Gasteiger partial charge in [-0.05, 0) is 30.2 Å². The largest absolute Gasteiger partial charge is 0.454 e. The normalized spacial score (nSPS) is 9.97. The molecule has 0 radical (unpaired) electrons. The van der Waals surface area contributed by atoms with Gasteiger partial charge in [0.1, 0.15) is 6.54 Å². The zero-order chi connectivity index (χ0) is 21.1. The number of nitrogens with one attached hydrogen (secondary N) is 3. The predicted octanol–water partition coefficient (Wildman–Crippen LogP) is 1.28. The van der Waals surface area contributed by atoms with Crippen LogP contribution in [0.1, 0.15) is 22.8 Å². The maximum atomic E-state index is 12.0. The highest BCUT2D eigenvalue weighted by atomic mass is 16.5. The maximum absolute atomic E-state index is 12.0. The van der Waals surface area contributed by atoms with Crippen molar-refractivity contribution >= 4 is 29.4 Å². The molecular formula is C21H23N3O5. The molecule has 0 saturated carbocycles. The van der Waals surface area contributed by atoms with E-state index >= 15 is 0 Å². The number of carbonyl (C=O) groups is 4. The number of hydrogen-bond acceptors (Lipinski definition) is 5. The van der Waals surface area contributed by atoms with Gasteiger partial charge in [-0.1, -0.05) is 43.3 Å². The standard InChI is InChI=1S/C21H23N3O5/c1-2-15-8-6-7-11-17(15)24-18(25)12-22-19(26)14-29-20(27)13-23-21(28)16-9-4-3-5-10-16/h3-11H,2,12-14H2,1H3,(H,22,26)(H,23,28)(H,24,25). The van der Waals surface area contributed by atoms with Gasteiger partial charge in [0.15, 0.2) is 6.61 Å². The number of para-hydroxylation sites is 1. The molecule has 0 unspecified atom stereocenters. The summed E-state index contributed by atoms with van der Waals surface area (Å²) in [6.45, 7) is 0.816. The van der Waals surface area contributed by atoms with Crippen molar-refractivity contribution < 1.29 is 23.9 Å². The molecule has 0 aliphatic heterocycles. The number of hydrogen-bond donors (Lipinski definition) is 3. The van der Waals surface area contributed by atoms with Gasteiger partial charge in [0.25, 0.3) is 11.8 Å². The van der Waals surface area contributed by atoms with Crippen LogP contribution in [0.25, 0.3) is 0 Å². The van der Waals surface area contributed by atoms with Crippen LogP contribution < -0.4 is 16.0 Å². The van der Waals surface area contributed by atoms with E-state index in [0.29, 0.717) is 11.3 Å². The first-order valence-electron chi connectivity index (χ1n) is 9.13. The third-order valence-corrected chi connectivity index (χ3v) is 3.91. The van der Waals surface area contributed by atoms with Gasteiger partial charge in [0, 0.05) is 11.3 Å². The minimum atomic E-state index is -0.759. The van der Waals surface area contributed by atoms with Crippen molar-refractivity contribution in [3.8, 4) is 0 Å². The lowest BCUT2D eigenvalue weighted by Gasteiger charge is -2.10. The van der Waals surface area contributed by atoms with Crippen LogP contribution in [0.2, 0.25) is 0 Å². The van der Waals surface area contributed by atoms with E-state index in [2.05, 4.69) is 16.0 Å². The summed E-state index contributed by atoms with van der Waals surface area (Å²) < 4.78 is 4.78. The molecule has 3 amide bonds. The zero-order valence-corrected chi connectivity index (χ0v) is 16.1. The Labute approximate surface area is 168 Å². The Balaban J connectivity index is 1.65. The van der Waals surface area contributed by atoms with Crippen molar-refractivity contribution in [2.24, 2.45) is 0 Å². The van der Waals surface area contributed by atoms with E-state index in [-0.39, 0.29) is 19.0 Å². The molecule has 0 aliphatic rings. The molecule has 0 atom stereocenters. The van der Waals surface area contributed by atoms with Crippen molar-refractivity contribution in [3.05, 3.63) is 65.7 Å². The second-order valence-electron chi connectivity index (χ2n) is 6.04. The molecule has 0 fully saturated rings. The van der Waals surface area contributed by atoms with Crippen molar-refractivity contribution in [2.45, 2.75) is 13.3 Å². The van der Waals surface area contributed by atoms with Crippen LogP contribution in [0.5, 0.6) is 0 Å². The van der Waals surface area contributed by atoms with Crippen molar-refractivity contribution in [1.29, 1.82) is 0 Å². The summed E-state index contributed by atoms with van der Waals surface area (Å²) >= 11 is 0. The Morgan fingerprint density at radius 1 is 0.828 bits per heavy atom. The first-order chi connectivity index (χ1) is 14.0. The number of amides is 3. The quantitative estimate of drug-likeness (QED) is 0.552. The van der Waals surface area contributed by atoms with E-state index in [4.69, 9.17) is 4.74 Å². The molecule has 29 heavy (non-hydrogen) atoms. The number of anilines is 1. The van der Waals surface area contributed by atoms with Crippen LogP contribution in [0, 0.1) is 0 Å². The summed E-state index contributed by atoms with van der Waals surface area (Å²) in [5.74, 6) is -2.19. The van der Waals surface area contributed by atoms with Gasteiger partial charge in [-0.15, -0.1) is 0 Å². The number of carbonyl (C=O) groups excluding carboxylic acids is 4. The lowest BCUT2D eigenvalue weighted by atomic mass is 10.1. The topological polar surface area (TPSA) is 114 Å². The Hall–Kier alpha value is -3.68. The number of ether oxygens (including phenoxy) is 1. The molecule has 0 spiro atoms. The van der Waals surface area contributed by atoms with Crippen LogP contribution in [0.3, 0.4) is 0 Å². The minimum absolute atomic E-state index is 0.251. The van der Waals surface area contributed by atoms with E-state index < -0.39 is 24.4 Å². The molecule has 0 aromatic heterocycles. The van der Waals surface area contributed by atoms with Crippen molar-refractivity contribution in [1.82, 2.24) is 10.6 Å². The zero-order valence-electron chi connectivity index (χ0n) is 16.1. The summed E-state index contributed by atoms with van der Waals surface area (Å²) in [5.41, 5.74) is 2.09. The SMILES string of the molecule is CCc1ccccc1NC(=O)CNC(=O)COC(=O)CNC(=O)c1ccccc1. The molecule has 8 nitrogen and oxygen atoms in total. The molecule has 2 aromatic rings. The monoisotopic (exact) mass is 397 g/mol. The summed E-state index contributed by atoms with van der Waals surface area (Å²) in [6, 6.07) is 15.8. The van der Waals surface area contributed by atoms with E-state index in [1.807, 2.05) is 25.1 Å². The fourth-order valence-corrected chi connectivity index (χ4v) is 2.42. The first kappa shape index (κ1) is 21.6. The van der Waals surface area contributed by atoms with E-state index in [1.54, 1.807) is 36.4 Å². The van der Waals surface area contributed by atoms with Crippen LogP contribution >= 0.6 is 0 Å². The summed E-state index contributed by atoms with van der Waals surface area (Å²) in [5, 5.41) is 7.49. The maximum Gasteiger partial charge on any atom is 0.325 e. The molecule has 2 aromatic carbocycles. The van der Waals surface area contributed by atoms with Crippen LogP contribution in [0.15, 0.2) is 54.6 Å². The van der Waals surface area contributed by atoms with Crippen molar-refractivity contribution in [2.75, 3.05) is 25.0 Å². The lowest BCUT2D eigenvalue weighted by molar-refractivity contribution is -0.147. The van der Waals surface area contributed by atoms with Gasteiger partial charge in [0.2, 0.25) is 5.91 Å². The summed E-state index contributed by atoms with van der Waals surface area (Å²) in [4.78, 5) is 47.1. The number of rotatable bonds is 9. The molecule has 0 bridgehead atoms. The average molecular weight is 397 g/mol. The molecule has 0 aliphatic carbocycles. The molecule has 152 valence electrons. The van der Waals surface area contributed by atoms with Gasteiger partial charge in [-0.25, -0.2) is 0 Å². The second kappa shape index (κ2) is 11.2. The van der Waals surface area contributed by atoms with Gasteiger partial charge in [0.05, 0.1) is 6.54 Å². The van der Waals surface area contributed by atoms with Gasteiger partial charge >= 0.3 is 5.97 Å². The third kappa shape index (κ3) is 7.45. The van der Waals surface area contributed by atoms with Gasteiger partial charge < -0.3 is 20.7 Å². The summed E-state index contributed by atoms with van der Waals surface area (Å²) in [7, 11) is 0.